The number of rotatable bonds is 3. The van der Waals surface area contributed by atoms with E-state index in [1.165, 1.54) is 12.7 Å². The zero-order chi connectivity index (χ0) is 22.2. The molecule has 0 radical (unpaired) electrons. The van der Waals surface area contributed by atoms with Crippen LogP contribution in [0.5, 0.6) is 0 Å². The van der Waals surface area contributed by atoms with Gasteiger partial charge < -0.3 is 28.7 Å². The quantitative estimate of drug-likeness (QED) is 0.229. The number of carbonyl (C=O) groups excluding carboxylic acids is 1. The molecule has 0 spiro atoms. The molecular formula is C27H27IN2O2. The summed E-state index contributed by atoms with van der Waals surface area (Å²) >= 11 is 0. The van der Waals surface area contributed by atoms with Crippen molar-refractivity contribution in [1.82, 2.24) is 4.98 Å². The van der Waals surface area contributed by atoms with Crippen LogP contribution in [0.2, 0.25) is 0 Å². The van der Waals surface area contributed by atoms with E-state index < -0.39 is 0 Å². The molecule has 0 N–H and O–H groups in total. The largest absolute Gasteiger partial charge is 1.00 e. The summed E-state index contributed by atoms with van der Waals surface area (Å²) in [5.74, 6) is -0.362. The molecule has 1 heterocycles. The highest BCUT2D eigenvalue weighted by atomic mass is 127. The average molecular weight is 538 g/mol. The van der Waals surface area contributed by atoms with Gasteiger partial charge in [-0.15, -0.1) is 0 Å². The van der Waals surface area contributed by atoms with Crippen LogP contribution in [-0.2, 0) is 17.2 Å². The van der Waals surface area contributed by atoms with Gasteiger partial charge in [-0.05, 0) is 46.4 Å². The molecule has 0 atom stereocenters. The molecule has 0 aliphatic heterocycles. The normalized spacial score (nSPS) is 11.2. The third kappa shape index (κ3) is 4.83. The van der Waals surface area contributed by atoms with E-state index >= 15 is 0 Å². The van der Waals surface area contributed by atoms with Crippen molar-refractivity contribution in [1.29, 1.82) is 0 Å². The molecule has 164 valence electrons. The van der Waals surface area contributed by atoms with Gasteiger partial charge in [-0.3, -0.25) is 0 Å². The van der Waals surface area contributed by atoms with Crippen LogP contribution in [0.25, 0.3) is 33.4 Å². The first kappa shape index (κ1) is 23.9. The van der Waals surface area contributed by atoms with Crippen molar-refractivity contribution >= 4 is 17.0 Å². The summed E-state index contributed by atoms with van der Waals surface area (Å²) < 4.78 is 7.07. The maximum absolute atomic E-state index is 12.4. The van der Waals surface area contributed by atoms with E-state index in [1.54, 1.807) is 0 Å². The van der Waals surface area contributed by atoms with Crippen molar-refractivity contribution in [3.8, 4) is 22.4 Å². The number of esters is 1. The van der Waals surface area contributed by atoms with E-state index in [4.69, 9.17) is 9.72 Å². The van der Waals surface area contributed by atoms with Crippen molar-refractivity contribution in [2.75, 3.05) is 7.11 Å². The molecule has 0 bridgehead atoms. The third-order valence-electron chi connectivity index (χ3n) is 5.55. The van der Waals surface area contributed by atoms with Gasteiger partial charge in [0.05, 0.1) is 12.7 Å². The topological polar surface area (TPSA) is 43.1 Å². The number of hydrogen-bond acceptors (Lipinski definition) is 3. The first-order valence-electron chi connectivity index (χ1n) is 10.4. The predicted molar refractivity (Wildman–Crippen MR) is 124 cm³/mol. The molecule has 0 saturated carbocycles. The number of benzene rings is 3. The highest BCUT2D eigenvalue weighted by Gasteiger charge is 2.17. The molecule has 0 aliphatic carbocycles. The lowest BCUT2D eigenvalue weighted by Crippen LogP contribution is -3.00. The lowest BCUT2D eigenvalue weighted by Gasteiger charge is -2.19. The molecule has 0 saturated heterocycles. The number of hydrogen-bond donors (Lipinski definition) is 0. The summed E-state index contributed by atoms with van der Waals surface area (Å²) in [5.41, 5.74) is 7.49. The molecular weight excluding hydrogens is 511 g/mol. The second-order valence-electron chi connectivity index (χ2n) is 8.84. The Morgan fingerprint density at radius 1 is 0.906 bits per heavy atom. The van der Waals surface area contributed by atoms with Crippen molar-refractivity contribution < 1.29 is 38.1 Å². The van der Waals surface area contributed by atoms with Gasteiger partial charge in [-0.1, -0.05) is 57.2 Å². The monoisotopic (exact) mass is 538 g/mol. The number of ether oxygens (including phenoxy) is 1. The Labute approximate surface area is 206 Å². The van der Waals surface area contributed by atoms with E-state index in [0.717, 1.165) is 33.4 Å². The lowest BCUT2D eigenvalue weighted by molar-refractivity contribution is -0.644. The van der Waals surface area contributed by atoms with Gasteiger partial charge in [0.2, 0.25) is 5.52 Å². The van der Waals surface area contributed by atoms with Gasteiger partial charge in [-0.25, -0.2) is 9.78 Å². The fourth-order valence-corrected chi connectivity index (χ4v) is 3.75. The summed E-state index contributed by atoms with van der Waals surface area (Å²) in [6, 6.07) is 22.3. The van der Waals surface area contributed by atoms with E-state index in [-0.39, 0.29) is 35.4 Å². The highest BCUT2D eigenvalue weighted by molar-refractivity contribution is 5.93. The van der Waals surface area contributed by atoms with Crippen molar-refractivity contribution in [2.24, 2.45) is 7.05 Å². The van der Waals surface area contributed by atoms with E-state index in [2.05, 4.69) is 55.7 Å². The summed E-state index contributed by atoms with van der Waals surface area (Å²) in [5, 5.41) is 0. The SMILES string of the molecule is COC(=O)c1cc(-c2ccc(C(C)(C)C)cc2)cc(-c2c[n+](C)c3ccccc3n2)c1.[I-]. The number of methoxy groups -OCH3 is 1. The number of carbonyl (C=O) groups is 1. The predicted octanol–water partition coefficient (Wildman–Crippen LogP) is 2.48. The van der Waals surface area contributed by atoms with Crippen molar-refractivity contribution in [3.63, 3.8) is 0 Å². The van der Waals surface area contributed by atoms with Gasteiger partial charge in [0.15, 0.2) is 6.20 Å². The fraction of sp³-hybridized carbons (Fsp3) is 0.222. The Bertz CT molecular complexity index is 1280. The summed E-state index contributed by atoms with van der Waals surface area (Å²) in [6.45, 7) is 6.59. The highest BCUT2D eigenvalue weighted by Crippen LogP contribution is 2.30. The zero-order valence-corrected chi connectivity index (χ0v) is 21.2. The molecule has 4 aromatic rings. The summed E-state index contributed by atoms with van der Waals surface area (Å²) in [7, 11) is 3.41. The Kier molecular flexibility index (Phi) is 6.98. The smallest absolute Gasteiger partial charge is 0.337 e. The second-order valence-corrected chi connectivity index (χ2v) is 8.84. The van der Waals surface area contributed by atoms with E-state index in [0.29, 0.717) is 5.56 Å². The summed E-state index contributed by atoms with van der Waals surface area (Å²) in [6.07, 6.45) is 1.99. The molecule has 0 unspecified atom stereocenters. The first-order valence-corrected chi connectivity index (χ1v) is 10.4. The Hall–Kier alpha value is -2.80. The third-order valence-corrected chi connectivity index (χ3v) is 5.55. The average Bonchev–Trinajstić information content (AvgIpc) is 2.77. The molecule has 5 heteroatoms. The van der Waals surface area contributed by atoms with Gasteiger partial charge in [-0.2, -0.15) is 4.57 Å². The summed E-state index contributed by atoms with van der Waals surface area (Å²) in [4.78, 5) is 17.2. The number of nitrogens with zero attached hydrogens (tertiary/aromatic N) is 2. The van der Waals surface area contributed by atoms with Gasteiger partial charge in [0.25, 0.3) is 0 Å². The number of fused-ring (bicyclic) bond motifs is 1. The van der Waals surface area contributed by atoms with Crippen molar-refractivity contribution in [2.45, 2.75) is 26.2 Å². The van der Waals surface area contributed by atoms with Crippen LogP contribution in [0.3, 0.4) is 0 Å². The van der Waals surface area contributed by atoms with E-state index in [9.17, 15) is 4.79 Å². The standard InChI is InChI=1S/C27H27N2O2.HI/c1-27(2,3)22-12-10-18(11-13-22)19-14-20(16-21(15-19)26(30)31-5)24-17-29(4)25-9-7-6-8-23(25)28-24;/h6-17H,1-5H3;1H/q+1;/p-1. The molecule has 0 fully saturated rings. The van der Waals surface area contributed by atoms with Crippen LogP contribution in [0.4, 0.5) is 0 Å². The number of aryl methyl sites for hydroxylation is 1. The molecule has 0 amide bonds. The fourth-order valence-electron chi connectivity index (χ4n) is 3.75. The Morgan fingerprint density at radius 2 is 1.56 bits per heavy atom. The lowest BCUT2D eigenvalue weighted by atomic mass is 9.86. The number of halogens is 1. The second kappa shape index (κ2) is 9.36. The molecule has 3 aromatic carbocycles. The molecule has 4 nitrogen and oxygen atoms in total. The zero-order valence-electron chi connectivity index (χ0n) is 19.0. The molecule has 0 aliphatic rings. The van der Waals surface area contributed by atoms with Crippen LogP contribution in [0, 0.1) is 0 Å². The van der Waals surface area contributed by atoms with Gasteiger partial charge in [0.1, 0.15) is 18.3 Å². The van der Waals surface area contributed by atoms with Crippen LogP contribution < -0.4 is 28.5 Å². The first-order chi connectivity index (χ1) is 14.8. The molecule has 1 aromatic heterocycles. The Balaban J connectivity index is 0.00000289. The van der Waals surface area contributed by atoms with Gasteiger partial charge >= 0.3 is 5.97 Å². The molecule has 4 rings (SSSR count). The number of para-hydroxylation sites is 2. The van der Waals surface area contributed by atoms with Crippen molar-refractivity contribution in [3.05, 3.63) is 84.1 Å². The van der Waals surface area contributed by atoms with E-state index in [1.807, 2.05) is 49.6 Å². The minimum Gasteiger partial charge on any atom is -1.00 e. The minimum atomic E-state index is -0.362. The van der Waals surface area contributed by atoms with Crippen LogP contribution >= 0.6 is 0 Å². The van der Waals surface area contributed by atoms with Crippen LogP contribution in [-0.4, -0.2) is 18.1 Å². The molecule has 32 heavy (non-hydrogen) atoms. The number of aromatic nitrogens is 2. The maximum atomic E-state index is 12.4. The van der Waals surface area contributed by atoms with Crippen LogP contribution in [0.15, 0.2) is 72.9 Å². The Morgan fingerprint density at radius 3 is 2.22 bits per heavy atom. The van der Waals surface area contributed by atoms with Crippen LogP contribution in [0.1, 0.15) is 36.7 Å². The maximum Gasteiger partial charge on any atom is 0.337 e. The minimum absolute atomic E-state index is 0. The van der Waals surface area contributed by atoms with Gasteiger partial charge in [0, 0.05) is 11.6 Å².